The van der Waals surface area contributed by atoms with Crippen molar-refractivity contribution in [3.8, 4) is 17.6 Å². The summed E-state index contributed by atoms with van der Waals surface area (Å²) in [6, 6.07) is 7.30. The number of carboxylic acid groups (broad SMARTS) is 1. The van der Waals surface area contributed by atoms with Gasteiger partial charge in [0.25, 0.3) is 0 Å². The lowest BCUT2D eigenvalue weighted by molar-refractivity contribution is -0.152. The van der Waals surface area contributed by atoms with Gasteiger partial charge in [0.15, 0.2) is 17.5 Å². The Balaban J connectivity index is 1.37. The van der Waals surface area contributed by atoms with E-state index in [1.54, 1.807) is 13.3 Å². The number of rotatable bonds is 7. The highest BCUT2D eigenvalue weighted by Gasteiger charge is 2.40. The second kappa shape index (κ2) is 11.4. The number of pyridine rings is 1. The SMILES string of the molecule is COc1ccc2ncc(Cl)c(CCCC3(C(=O)O)CCN(CC#Cc4cc(F)c(F)c(F)c4)CC3)c2c1. The Morgan fingerprint density at radius 1 is 1.19 bits per heavy atom. The van der Waals surface area contributed by atoms with Crippen LogP contribution in [0.3, 0.4) is 0 Å². The van der Waals surface area contributed by atoms with Gasteiger partial charge in [-0.25, -0.2) is 13.2 Å². The van der Waals surface area contributed by atoms with Gasteiger partial charge in [-0.3, -0.25) is 14.7 Å². The Morgan fingerprint density at radius 2 is 1.89 bits per heavy atom. The number of hydrogen-bond donors (Lipinski definition) is 1. The van der Waals surface area contributed by atoms with Crippen LogP contribution in [0.1, 0.15) is 36.8 Å². The van der Waals surface area contributed by atoms with Crippen LogP contribution >= 0.6 is 11.6 Å². The predicted molar refractivity (Wildman–Crippen MR) is 135 cm³/mol. The smallest absolute Gasteiger partial charge is 0.309 e. The van der Waals surface area contributed by atoms with Crippen LogP contribution in [0, 0.1) is 34.7 Å². The van der Waals surface area contributed by atoms with Gasteiger partial charge in [0, 0.05) is 30.2 Å². The number of ether oxygens (including phenoxy) is 1. The molecule has 0 radical (unpaired) electrons. The lowest BCUT2D eigenvalue weighted by Gasteiger charge is -2.38. The lowest BCUT2D eigenvalue weighted by Crippen LogP contribution is -2.44. The number of fused-ring (bicyclic) bond motifs is 1. The zero-order valence-electron chi connectivity index (χ0n) is 20.3. The highest BCUT2D eigenvalue weighted by Crippen LogP contribution is 2.38. The Labute approximate surface area is 218 Å². The van der Waals surface area contributed by atoms with Gasteiger partial charge in [0.05, 0.1) is 29.6 Å². The summed E-state index contributed by atoms with van der Waals surface area (Å²) in [5, 5.41) is 11.5. The summed E-state index contributed by atoms with van der Waals surface area (Å²) in [7, 11) is 1.59. The van der Waals surface area contributed by atoms with E-state index in [9.17, 15) is 23.1 Å². The highest BCUT2D eigenvalue weighted by atomic mass is 35.5. The number of hydrogen-bond acceptors (Lipinski definition) is 4. The molecule has 3 aromatic rings. The number of benzene rings is 2. The minimum Gasteiger partial charge on any atom is -0.497 e. The van der Waals surface area contributed by atoms with E-state index in [2.05, 4.69) is 16.8 Å². The van der Waals surface area contributed by atoms with Crippen molar-refractivity contribution in [1.82, 2.24) is 9.88 Å². The van der Waals surface area contributed by atoms with Crippen molar-refractivity contribution >= 4 is 28.5 Å². The van der Waals surface area contributed by atoms with Crippen molar-refractivity contribution in [1.29, 1.82) is 0 Å². The molecule has 0 unspecified atom stereocenters. The summed E-state index contributed by atoms with van der Waals surface area (Å²) in [5.41, 5.74) is 0.925. The standard InChI is InChI=1S/C28H26ClF3N2O3/c1-37-19-6-7-25-21(16-19)20(22(29)17-33-25)5-2-8-28(27(35)36)9-12-34(13-10-28)11-3-4-18-14-23(30)26(32)24(31)15-18/h6-7,14-17H,2,5,8-13H2,1H3,(H,35,36). The molecule has 2 heterocycles. The minimum atomic E-state index is -1.52. The predicted octanol–water partition coefficient (Wildman–Crippen LogP) is 5.86. The fourth-order valence-corrected chi connectivity index (χ4v) is 5.02. The minimum absolute atomic E-state index is 0.0493. The third-order valence-electron chi connectivity index (χ3n) is 7.00. The van der Waals surface area contributed by atoms with E-state index >= 15 is 0 Å². The molecule has 1 N–H and O–H groups in total. The number of nitrogens with zero attached hydrogens (tertiary/aromatic N) is 2. The molecule has 0 saturated carbocycles. The summed E-state index contributed by atoms with van der Waals surface area (Å²) in [5.74, 6) is 1.28. The van der Waals surface area contributed by atoms with Crippen LogP contribution in [0.4, 0.5) is 13.2 Å². The van der Waals surface area contributed by atoms with Gasteiger partial charge in [-0.2, -0.15) is 0 Å². The van der Waals surface area contributed by atoms with Crippen LogP contribution in [-0.4, -0.2) is 47.7 Å². The molecule has 0 amide bonds. The summed E-state index contributed by atoms with van der Waals surface area (Å²) < 4.78 is 45.2. The van der Waals surface area contributed by atoms with E-state index in [0.717, 1.165) is 28.6 Å². The van der Waals surface area contributed by atoms with Crippen LogP contribution in [-0.2, 0) is 11.2 Å². The molecule has 1 fully saturated rings. The monoisotopic (exact) mass is 530 g/mol. The molecule has 5 nitrogen and oxygen atoms in total. The molecule has 1 aliphatic rings. The van der Waals surface area contributed by atoms with Crippen LogP contribution in [0.2, 0.25) is 5.02 Å². The largest absolute Gasteiger partial charge is 0.497 e. The number of carbonyl (C=O) groups is 1. The van der Waals surface area contributed by atoms with E-state index in [0.29, 0.717) is 62.5 Å². The van der Waals surface area contributed by atoms with Gasteiger partial charge in [0.2, 0.25) is 0 Å². The zero-order chi connectivity index (χ0) is 26.6. The summed E-state index contributed by atoms with van der Waals surface area (Å²) in [6.07, 6.45) is 4.29. The Hall–Kier alpha value is -3.28. The molecule has 9 heteroatoms. The van der Waals surface area contributed by atoms with Crippen molar-refractivity contribution in [2.24, 2.45) is 5.41 Å². The number of halogens is 4. The third-order valence-corrected chi connectivity index (χ3v) is 7.33. The van der Waals surface area contributed by atoms with Crippen LogP contribution in [0.25, 0.3) is 10.9 Å². The average Bonchev–Trinajstić information content (AvgIpc) is 2.89. The first-order valence-corrected chi connectivity index (χ1v) is 12.3. The average molecular weight is 531 g/mol. The first-order chi connectivity index (χ1) is 17.7. The number of carboxylic acids is 1. The van der Waals surface area contributed by atoms with Gasteiger partial charge in [0.1, 0.15) is 5.75 Å². The molecule has 37 heavy (non-hydrogen) atoms. The molecule has 2 aromatic carbocycles. The van der Waals surface area contributed by atoms with E-state index in [4.69, 9.17) is 16.3 Å². The molecule has 1 aliphatic heterocycles. The Bertz CT molecular complexity index is 1360. The van der Waals surface area contributed by atoms with E-state index < -0.39 is 28.8 Å². The first kappa shape index (κ1) is 26.8. The van der Waals surface area contributed by atoms with Crippen molar-refractivity contribution in [2.45, 2.75) is 32.1 Å². The molecule has 194 valence electrons. The first-order valence-electron chi connectivity index (χ1n) is 11.9. The summed E-state index contributed by atoms with van der Waals surface area (Å²) in [6.45, 7) is 1.38. The van der Waals surface area contributed by atoms with Crippen LogP contribution in [0.15, 0.2) is 36.5 Å². The fraction of sp³-hybridized carbons (Fsp3) is 0.357. The molecular weight excluding hydrogens is 505 g/mol. The van der Waals surface area contributed by atoms with Crippen molar-refractivity contribution in [2.75, 3.05) is 26.7 Å². The van der Waals surface area contributed by atoms with Gasteiger partial charge in [-0.1, -0.05) is 23.4 Å². The highest BCUT2D eigenvalue weighted by molar-refractivity contribution is 6.32. The quantitative estimate of drug-likeness (QED) is 0.306. The molecule has 0 bridgehead atoms. The fourth-order valence-electron chi connectivity index (χ4n) is 4.78. The number of methoxy groups -OCH3 is 1. The number of aromatic nitrogens is 1. The molecule has 4 rings (SSSR count). The van der Waals surface area contributed by atoms with Gasteiger partial charge in [-0.15, -0.1) is 0 Å². The van der Waals surface area contributed by atoms with Gasteiger partial charge >= 0.3 is 5.97 Å². The Kier molecular flexibility index (Phi) is 8.25. The normalized spacial score (nSPS) is 15.3. The summed E-state index contributed by atoms with van der Waals surface area (Å²) >= 11 is 6.46. The van der Waals surface area contributed by atoms with E-state index in [1.165, 1.54) is 0 Å². The van der Waals surface area contributed by atoms with Crippen LogP contribution in [0.5, 0.6) is 5.75 Å². The second-order valence-electron chi connectivity index (χ2n) is 9.24. The Morgan fingerprint density at radius 3 is 2.54 bits per heavy atom. The van der Waals surface area contributed by atoms with Crippen LogP contribution < -0.4 is 4.74 Å². The maximum atomic E-state index is 13.4. The second-order valence-corrected chi connectivity index (χ2v) is 9.65. The number of aliphatic carboxylic acids is 1. The lowest BCUT2D eigenvalue weighted by atomic mass is 9.74. The van der Waals surface area contributed by atoms with Crippen molar-refractivity contribution < 1.29 is 27.8 Å². The number of piperidine rings is 1. The molecule has 0 atom stereocenters. The topological polar surface area (TPSA) is 62.7 Å². The maximum Gasteiger partial charge on any atom is 0.309 e. The molecule has 1 saturated heterocycles. The molecule has 0 spiro atoms. The number of aryl methyl sites for hydroxylation is 1. The van der Waals surface area contributed by atoms with E-state index in [1.807, 2.05) is 23.1 Å². The molecule has 0 aliphatic carbocycles. The van der Waals surface area contributed by atoms with Gasteiger partial charge in [-0.05, 0) is 68.0 Å². The zero-order valence-corrected chi connectivity index (χ0v) is 21.0. The molecular formula is C28H26ClF3N2O3. The van der Waals surface area contributed by atoms with Gasteiger partial charge < -0.3 is 9.84 Å². The van der Waals surface area contributed by atoms with Crippen molar-refractivity contribution in [3.05, 3.63) is 70.1 Å². The molecule has 1 aromatic heterocycles. The van der Waals surface area contributed by atoms with E-state index in [-0.39, 0.29) is 5.56 Å². The van der Waals surface area contributed by atoms with Crippen molar-refractivity contribution in [3.63, 3.8) is 0 Å². The maximum absolute atomic E-state index is 13.4. The number of likely N-dealkylation sites (tertiary alicyclic amines) is 1. The third kappa shape index (κ3) is 6.00. The summed E-state index contributed by atoms with van der Waals surface area (Å²) in [4.78, 5) is 18.7.